The van der Waals surface area contributed by atoms with E-state index in [0.717, 1.165) is 19.6 Å². The second-order valence-electron chi connectivity index (χ2n) is 5.53. The Bertz CT molecular complexity index is 378. The molecule has 3 nitrogen and oxygen atoms in total. The molecule has 0 aliphatic carbocycles. The Kier molecular flexibility index (Phi) is 5.83. The topological polar surface area (TPSA) is 18.5 Å². The highest BCUT2D eigenvalue weighted by Crippen LogP contribution is 2.10. The van der Waals surface area contributed by atoms with E-state index in [9.17, 15) is 0 Å². The third kappa shape index (κ3) is 4.94. The zero-order valence-corrected chi connectivity index (χ0v) is 12.4. The third-order valence-corrected chi connectivity index (χ3v) is 3.79. The highest BCUT2D eigenvalue weighted by molar-refractivity contribution is 5.23. The van der Waals surface area contributed by atoms with Crippen LogP contribution < -0.4 is 5.32 Å². The number of benzene rings is 1. The van der Waals surface area contributed by atoms with Crippen LogP contribution in [0.15, 0.2) is 24.3 Å². The lowest BCUT2D eigenvalue weighted by molar-refractivity contribution is 0.269. The summed E-state index contributed by atoms with van der Waals surface area (Å²) in [6.07, 6.45) is 1.29. The summed E-state index contributed by atoms with van der Waals surface area (Å²) < 4.78 is 0. The first-order chi connectivity index (χ1) is 9.28. The van der Waals surface area contributed by atoms with Crippen molar-refractivity contribution in [2.45, 2.75) is 26.4 Å². The van der Waals surface area contributed by atoms with Crippen molar-refractivity contribution in [3.8, 4) is 0 Å². The number of hydrogen-bond donors (Lipinski definition) is 1. The van der Waals surface area contributed by atoms with Gasteiger partial charge in [0, 0.05) is 26.2 Å². The third-order valence-electron chi connectivity index (χ3n) is 3.79. The Balaban J connectivity index is 1.90. The molecule has 3 heteroatoms. The summed E-state index contributed by atoms with van der Waals surface area (Å²) in [6.45, 7) is 10.1. The molecule has 1 fully saturated rings. The van der Waals surface area contributed by atoms with Crippen molar-refractivity contribution in [2.24, 2.45) is 0 Å². The average Bonchev–Trinajstić information content (AvgIpc) is 2.62. The maximum atomic E-state index is 3.39. The molecule has 0 aromatic heterocycles. The Morgan fingerprint density at radius 2 is 1.95 bits per heavy atom. The molecule has 0 bridgehead atoms. The van der Waals surface area contributed by atoms with Gasteiger partial charge in [-0.1, -0.05) is 31.2 Å². The van der Waals surface area contributed by atoms with Crippen LogP contribution >= 0.6 is 0 Å². The molecule has 0 radical (unpaired) electrons. The molecule has 1 aromatic rings. The normalized spacial score (nSPS) is 18.4. The first-order valence-electron chi connectivity index (χ1n) is 7.47. The van der Waals surface area contributed by atoms with E-state index in [1.54, 1.807) is 0 Å². The van der Waals surface area contributed by atoms with Gasteiger partial charge in [-0.2, -0.15) is 0 Å². The number of nitrogens with one attached hydrogen (secondary N) is 1. The number of likely N-dealkylation sites (N-methyl/N-ethyl adjacent to an activating group) is 1. The SMILES string of the molecule is CCNCc1cccc(CN2CCCN(C)CC2)c1. The molecule has 1 saturated heterocycles. The van der Waals surface area contributed by atoms with E-state index in [1.807, 2.05) is 0 Å². The smallest absolute Gasteiger partial charge is 0.0234 e. The highest BCUT2D eigenvalue weighted by Gasteiger charge is 2.12. The Labute approximate surface area is 117 Å². The fourth-order valence-corrected chi connectivity index (χ4v) is 2.62. The lowest BCUT2D eigenvalue weighted by Gasteiger charge is -2.20. The summed E-state index contributed by atoms with van der Waals surface area (Å²) in [5.74, 6) is 0. The van der Waals surface area contributed by atoms with Crippen LogP contribution in [0.4, 0.5) is 0 Å². The predicted molar refractivity (Wildman–Crippen MR) is 81.2 cm³/mol. The Hall–Kier alpha value is -0.900. The number of rotatable bonds is 5. The lowest BCUT2D eigenvalue weighted by Crippen LogP contribution is -2.28. The van der Waals surface area contributed by atoms with Crippen molar-refractivity contribution in [3.05, 3.63) is 35.4 Å². The summed E-state index contributed by atoms with van der Waals surface area (Å²) in [5.41, 5.74) is 2.84. The van der Waals surface area contributed by atoms with Crippen LogP contribution in [0, 0.1) is 0 Å². The van der Waals surface area contributed by atoms with E-state index in [2.05, 4.69) is 53.4 Å². The van der Waals surface area contributed by atoms with E-state index in [-0.39, 0.29) is 0 Å². The van der Waals surface area contributed by atoms with Crippen LogP contribution in [-0.2, 0) is 13.1 Å². The van der Waals surface area contributed by atoms with Gasteiger partial charge in [0.1, 0.15) is 0 Å². The summed E-state index contributed by atoms with van der Waals surface area (Å²) >= 11 is 0. The molecule has 0 amide bonds. The molecule has 106 valence electrons. The van der Waals surface area contributed by atoms with Gasteiger partial charge in [0.2, 0.25) is 0 Å². The second-order valence-corrected chi connectivity index (χ2v) is 5.53. The summed E-state index contributed by atoms with van der Waals surface area (Å²) in [5, 5.41) is 3.39. The highest BCUT2D eigenvalue weighted by atomic mass is 15.2. The molecular formula is C16H27N3. The van der Waals surface area contributed by atoms with Gasteiger partial charge in [-0.3, -0.25) is 4.90 Å². The van der Waals surface area contributed by atoms with Crippen LogP contribution in [0.1, 0.15) is 24.5 Å². The van der Waals surface area contributed by atoms with E-state index < -0.39 is 0 Å². The van der Waals surface area contributed by atoms with Crippen LogP contribution in [0.2, 0.25) is 0 Å². The van der Waals surface area contributed by atoms with E-state index >= 15 is 0 Å². The molecule has 1 N–H and O–H groups in total. The molecule has 1 aliphatic heterocycles. The van der Waals surface area contributed by atoms with Crippen molar-refractivity contribution in [1.29, 1.82) is 0 Å². The minimum Gasteiger partial charge on any atom is -0.313 e. The molecule has 0 atom stereocenters. The maximum Gasteiger partial charge on any atom is 0.0234 e. The van der Waals surface area contributed by atoms with Crippen molar-refractivity contribution < 1.29 is 0 Å². The van der Waals surface area contributed by atoms with Gasteiger partial charge in [0.25, 0.3) is 0 Å². The zero-order chi connectivity index (χ0) is 13.5. The Morgan fingerprint density at radius 3 is 2.79 bits per heavy atom. The summed E-state index contributed by atoms with van der Waals surface area (Å²) in [4.78, 5) is 5.01. The van der Waals surface area contributed by atoms with E-state index in [0.29, 0.717) is 0 Å². The van der Waals surface area contributed by atoms with Crippen LogP contribution in [0.5, 0.6) is 0 Å². The zero-order valence-electron chi connectivity index (χ0n) is 12.4. The van der Waals surface area contributed by atoms with Crippen molar-refractivity contribution in [1.82, 2.24) is 15.1 Å². The average molecular weight is 261 g/mol. The first-order valence-corrected chi connectivity index (χ1v) is 7.47. The fraction of sp³-hybridized carbons (Fsp3) is 0.625. The van der Waals surface area contributed by atoms with Crippen molar-refractivity contribution in [3.63, 3.8) is 0 Å². The Morgan fingerprint density at radius 1 is 1.11 bits per heavy atom. The van der Waals surface area contributed by atoms with Gasteiger partial charge in [-0.15, -0.1) is 0 Å². The van der Waals surface area contributed by atoms with E-state index in [4.69, 9.17) is 0 Å². The first kappa shape index (κ1) is 14.5. The molecule has 0 saturated carbocycles. The van der Waals surface area contributed by atoms with Gasteiger partial charge in [-0.05, 0) is 44.2 Å². The molecule has 1 aromatic carbocycles. The van der Waals surface area contributed by atoms with Gasteiger partial charge in [0.05, 0.1) is 0 Å². The molecule has 19 heavy (non-hydrogen) atoms. The molecule has 0 spiro atoms. The van der Waals surface area contributed by atoms with Gasteiger partial charge in [0.15, 0.2) is 0 Å². The van der Waals surface area contributed by atoms with Crippen molar-refractivity contribution in [2.75, 3.05) is 39.8 Å². The molecule has 1 heterocycles. The standard InChI is InChI=1S/C16H27N3/c1-3-17-13-15-6-4-7-16(12-15)14-19-9-5-8-18(2)10-11-19/h4,6-7,12,17H,3,5,8-11,13-14H2,1-2H3. The summed E-state index contributed by atoms with van der Waals surface area (Å²) in [6, 6.07) is 9.00. The maximum absolute atomic E-state index is 3.39. The molecular weight excluding hydrogens is 234 g/mol. The minimum atomic E-state index is 0.979. The number of nitrogens with zero attached hydrogens (tertiary/aromatic N) is 2. The quantitative estimate of drug-likeness (QED) is 0.874. The van der Waals surface area contributed by atoms with Crippen LogP contribution in [0.3, 0.4) is 0 Å². The fourth-order valence-electron chi connectivity index (χ4n) is 2.62. The lowest BCUT2D eigenvalue weighted by atomic mass is 10.1. The predicted octanol–water partition coefficient (Wildman–Crippen LogP) is 1.93. The summed E-state index contributed by atoms with van der Waals surface area (Å²) in [7, 11) is 2.22. The van der Waals surface area contributed by atoms with Crippen LogP contribution in [0.25, 0.3) is 0 Å². The van der Waals surface area contributed by atoms with Crippen LogP contribution in [-0.4, -0.2) is 49.6 Å². The van der Waals surface area contributed by atoms with Gasteiger partial charge >= 0.3 is 0 Å². The van der Waals surface area contributed by atoms with Gasteiger partial charge in [-0.25, -0.2) is 0 Å². The van der Waals surface area contributed by atoms with E-state index in [1.165, 1.54) is 43.7 Å². The monoisotopic (exact) mass is 261 g/mol. The molecule has 0 unspecified atom stereocenters. The second kappa shape index (κ2) is 7.63. The largest absolute Gasteiger partial charge is 0.313 e. The van der Waals surface area contributed by atoms with Gasteiger partial charge < -0.3 is 10.2 Å². The molecule has 2 rings (SSSR count). The minimum absolute atomic E-state index is 0.979. The molecule has 1 aliphatic rings. The van der Waals surface area contributed by atoms with Crippen molar-refractivity contribution >= 4 is 0 Å². The number of hydrogen-bond acceptors (Lipinski definition) is 3.